The van der Waals surface area contributed by atoms with Gasteiger partial charge in [-0.15, -0.1) is 0 Å². The molecule has 0 radical (unpaired) electrons. The van der Waals surface area contributed by atoms with Crippen LogP contribution in [0, 0.1) is 11.3 Å². The first-order chi connectivity index (χ1) is 11.4. The van der Waals surface area contributed by atoms with Crippen LogP contribution in [-0.4, -0.2) is 5.11 Å². The number of hydrogen-bond donors (Lipinski definition) is 1. The summed E-state index contributed by atoms with van der Waals surface area (Å²) in [6, 6.07) is 11.7. The van der Waals surface area contributed by atoms with Gasteiger partial charge in [-0.05, 0) is 29.8 Å². The van der Waals surface area contributed by atoms with E-state index in [1.165, 1.54) is 12.1 Å². The van der Waals surface area contributed by atoms with Crippen LogP contribution in [0.15, 0.2) is 45.6 Å². The Morgan fingerprint density at radius 2 is 1.83 bits per heavy atom. The molecule has 0 fully saturated rings. The molecule has 0 saturated carbocycles. The quantitative estimate of drug-likeness (QED) is 0.726. The Balaban J connectivity index is 2.40. The highest BCUT2D eigenvalue weighted by molar-refractivity contribution is 6.36. The molecule has 0 bridgehead atoms. The van der Waals surface area contributed by atoms with Gasteiger partial charge in [-0.3, -0.25) is 4.79 Å². The summed E-state index contributed by atoms with van der Waals surface area (Å²) in [5.74, 6) is 0.295. The van der Waals surface area contributed by atoms with Crippen LogP contribution < -0.4 is 5.43 Å². The third-order valence-electron chi connectivity index (χ3n) is 3.83. The molecular weight excluding hydrogens is 326 g/mol. The third kappa shape index (κ3) is 2.53. The largest absolute Gasteiger partial charge is 0.506 e. The Hall–Kier alpha value is -2.77. The molecule has 1 aromatic heterocycles. The summed E-state index contributed by atoms with van der Waals surface area (Å²) >= 11 is 6.09. The van der Waals surface area contributed by atoms with Gasteiger partial charge in [-0.1, -0.05) is 37.6 Å². The van der Waals surface area contributed by atoms with Gasteiger partial charge >= 0.3 is 0 Å². The van der Waals surface area contributed by atoms with E-state index in [1.54, 1.807) is 24.3 Å². The molecule has 0 saturated heterocycles. The van der Waals surface area contributed by atoms with E-state index in [2.05, 4.69) is 6.07 Å². The number of phenolic OH excluding ortho intramolecular Hbond substituents is 1. The molecule has 0 aliphatic carbocycles. The fourth-order valence-electron chi connectivity index (χ4n) is 2.62. The van der Waals surface area contributed by atoms with Crippen molar-refractivity contribution in [2.75, 3.05) is 0 Å². The number of phenols is 1. The van der Waals surface area contributed by atoms with E-state index in [-0.39, 0.29) is 27.7 Å². The van der Waals surface area contributed by atoms with E-state index < -0.39 is 0 Å². The molecule has 3 aromatic rings. The highest BCUT2D eigenvalue weighted by Crippen LogP contribution is 2.35. The van der Waals surface area contributed by atoms with Gasteiger partial charge in [-0.25, -0.2) is 0 Å². The Kier molecular flexibility index (Phi) is 4.04. The lowest BCUT2D eigenvalue weighted by molar-refractivity contribution is 0.471. The van der Waals surface area contributed by atoms with E-state index in [4.69, 9.17) is 21.3 Å². The minimum Gasteiger partial charge on any atom is -0.506 e. The van der Waals surface area contributed by atoms with Crippen LogP contribution in [0.3, 0.4) is 0 Å². The topological polar surface area (TPSA) is 74.2 Å². The van der Waals surface area contributed by atoms with Crippen LogP contribution in [0.25, 0.3) is 22.1 Å². The van der Waals surface area contributed by atoms with Crippen molar-refractivity contribution in [2.45, 2.75) is 19.8 Å². The van der Waals surface area contributed by atoms with Gasteiger partial charge in [0.05, 0.1) is 22.6 Å². The molecule has 2 aromatic carbocycles. The van der Waals surface area contributed by atoms with Gasteiger partial charge in [0.1, 0.15) is 16.5 Å². The minimum atomic E-state index is -0.216. The van der Waals surface area contributed by atoms with Crippen LogP contribution in [0.2, 0.25) is 5.02 Å². The predicted octanol–water partition coefficient (Wildman–Crippen LogP) is 4.81. The van der Waals surface area contributed by atoms with Crippen LogP contribution in [0.4, 0.5) is 0 Å². The minimum absolute atomic E-state index is 0.0258. The maximum Gasteiger partial charge on any atom is 0.200 e. The fourth-order valence-corrected chi connectivity index (χ4v) is 2.83. The van der Waals surface area contributed by atoms with Crippen LogP contribution in [-0.2, 0) is 0 Å². The second-order valence-corrected chi connectivity index (χ2v) is 6.17. The van der Waals surface area contributed by atoms with Crippen molar-refractivity contribution in [1.29, 1.82) is 5.26 Å². The number of rotatable bonds is 2. The Morgan fingerprint density at radius 1 is 1.17 bits per heavy atom. The summed E-state index contributed by atoms with van der Waals surface area (Å²) in [5, 5.41) is 19.0. The average molecular weight is 340 g/mol. The lowest BCUT2D eigenvalue weighted by Crippen LogP contribution is -2.10. The van der Waals surface area contributed by atoms with Gasteiger partial charge in [0.2, 0.25) is 5.43 Å². The monoisotopic (exact) mass is 339 g/mol. The molecule has 0 spiro atoms. The normalized spacial score (nSPS) is 11.0. The molecule has 0 aliphatic rings. The molecule has 120 valence electrons. The summed E-state index contributed by atoms with van der Waals surface area (Å²) < 4.78 is 5.90. The van der Waals surface area contributed by atoms with Crippen molar-refractivity contribution in [3.8, 4) is 22.9 Å². The number of hydrogen-bond acceptors (Lipinski definition) is 4. The Morgan fingerprint density at radius 3 is 2.42 bits per heavy atom. The third-order valence-corrected chi connectivity index (χ3v) is 4.20. The van der Waals surface area contributed by atoms with Crippen molar-refractivity contribution in [1.82, 2.24) is 0 Å². The number of fused-ring (bicyclic) bond motifs is 1. The standard InChI is InChI=1S/C19H14ClNO3/c1-10(2)18-15(12-5-3-11(9-21)4-6-12)17(23)13-7-8-14(22)16(20)19(13)24-18/h3-8,10,22H,1-2H3. The SMILES string of the molecule is CC(C)c1oc2c(Cl)c(O)ccc2c(=O)c1-c1ccc(C#N)cc1. The zero-order valence-corrected chi connectivity index (χ0v) is 13.9. The van der Waals surface area contributed by atoms with E-state index >= 15 is 0 Å². The van der Waals surface area contributed by atoms with E-state index in [1.807, 2.05) is 13.8 Å². The summed E-state index contributed by atoms with van der Waals surface area (Å²) in [7, 11) is 0. The lowest BCUT2D eigenvalue weighted by Gasteiger charge is -2.13. The molecule has 0 unspecified atom stereocenters. The number of aromatic hydroxyl groups is 1. The highest BCUT2D eigenvalue weighted by Gasteiger charge is 2.20. The first-order valence-electron chi connectivity index (χ1n) is 7.42. The Labute approximate surface area is 143 Å². The number of benzene rings is 2. The lowest BCUT2D eigenvalue weighted by atomic mass is 9.96. The number of nitriles is 1. The predicted molar refractivity (Wildman–Crippen MR) is 93.4 cm³/mol. The number of nitrogens with zero attached hydrogens (tertiary/aromatic N) is 1. The zero-order valence-electron chi connectivity index (χ0n) is 13.1. The van der Waals surface area contributed by atoms with E-state index in [0.717, 1.165) is 0 Å². The van der Waals surface area contributed by atoms with Crippen molar-refractivity contribution in [2.24, 2.45) is 0 Å². The molecular formula is C19H14ClNO3. The molecule has 5 heteroatoms. The maximum atomic E-state index is 13.0. The molecule has 4 nitrogen and oxygen atoms in total. The summed E-state index contributed by atoms with van der Waals surface area (Å²) in [4.78, 5) is 13.0. The maximum absolute atomic E-state index is 13.0. The van der Waals surface area contributed by atoms with Crippen molar-refractivity contribution >= 4 is 22.6 Å². The summed E-state index contributed by atoms with van der Waals surface area (Å²) in [6.07, 6.45) is 0. The van der Waals surface area contributed by atoms with E-state index in [9.17, 15) is 9.90 Å². The molecule has 24 heavy (non-hydrogen) atoms. The smallest absolute Gasteiger partial charge is 0.200 e. The zero-order chi connectivity index (χ0) is 17.4. The molecule has 0 amide bonds. The van der Waals surface area contributed by atoms with Gasteiger partial charge in [0, 0.05) is 5.92 Å². The first kappa shape index (κ1) is 16.1. The first-order valence-corrected chi connectivity index (χ1v) is 7.80. The van der Waals surface area contributed by atoms with Crippen molar-refractivity contribution < 1.29 is 9.52 Å². The van der Waals surface area contributed by atoms with Gasteiger partial charge < -0.3 is 9.52 Å². The fraction of sp³-hybridized carbons (Fsp3) is 0.158. The molecule has 1 N–H and O–H groups in total. The number of halogens is 1. The van der Waals surface area contributed by atoms with Crippen molar-refractivity contribution in [3.05, 3.63) is 63.0 Å². The second kappa shape index (κ2) is 6.03. The Bertz CT molecular complexity index is 1030. The van der Waals surface area contributed by atoms with Crippen LogP contribution in [0.1, 0.15) is 31.1 Å². The van der Waals surface area contributed by atoms with Crippen LogP contribution >= 0.6 is 11.6 Å². The van der Waals surface area contributed by atoms with E-state index in [0.29, 0.717) is 27.8 Å². The molecule has 0 aliphatic heterocycles. The van der Waals surface area contributed by atoms with Gasteiger partial charge in [0.25, 0.3) is 0 Å². The van der Waals surface area contributed by atoms with Crippen molar-refractivity contribution in [3.63, 3.8) is 0 Å². The highest BCUT2D eigenvalue weighted by atomic mass is 35.5. The second-order valence-electron chi connectivity index (χ2n) is 5.79. The summed E-state index contributed by atoms with van der Waals surface area (Å²) in [5.41, 5.74) is 1.61. The molecule has 1 heterocycles. The molecule has 0 atom stereocenters. The molecule has 3 rings (SSSR count). The average Bonchev–Trinajstić information content (AvgIpc) is 2.58. The summed E-state index contributed by atoms with van der Waals surface area (Å²) in [6.45, 7) is 3.82. The van der Waals surface area contributed by atoms with Gasteiger partial charge in [-0.2, -0.15) is 5.26 Å². The van der Waals surface area contributed by atoms with Crippen LogP contribution in [0.5, 0.6) is 5.75 Å². The van der Waals surface area contributed by atoms with Gasteiger partial charge in [0.15, 0.2) is 5.58 Å².